The molecule has 7 heteroatoms. The number of nitrogens with two attached hydrogens (primary N) is 1. The molecule has 0 bridgehead atoms. The van der Waals surface area contributed by atoms with E-state index < -0.39 is 0 Å². The van der Waals surface area contributed by atoms with Crippen molar-refractivity contribution in [3.05, 3.63) is 17.0 Å². The van der Waals surface area contributed by atoms with Crippen molar-refractivity contribution < 1.29 is 0 Å². The Bertz CT molecular complexity index is 510. The van der Waals surface area contributed by atoms with Crippen LogP contribution in [0.3, 0.4) is 0 Å². The third-order valence-electron chi connectivity index (χ3n) is 1.47. The number of nitriles is 1. The van der Waals surface area contributed by atoms with Crippen LogP contribution < -0.4 is 5.73 Å². The van der Waals surface area contributed by atoms with E-state index in [1.807, 2.05) is 6.07 Å². The van der Waals surface area contributed by atoms with Crippen LogP contribution in [0.4, 0.5) is 5.95 Å². The van der Waals surface area contributed by atoms with Crippen LogP contribution >= 0.6 is 11.6 Å². The van der Waals surface area contributed by atoms with E-state index in [1.54, 1.807) is 0 Å². The van der Waals surface area contributed by atoms with Crippen LogP contribution in [-0.2, 0) is 0 Å². The Morgan fingerprint density at radius 3 is 3.00 bits per heavy atom. The van der Waals surface area contributed by atoms with Gasteiger partial charge < -0.3 is 5.73 Å². The quantitative estimate of drug-likeness (QED) is 0.648. The van der Waals surface area contributed by atoms with Gasteiger partial charge in [-0.1, -0.05) is 0 Å². The Kier molecular flexibility index (Phi) is 1.53. The van der Waals surface area contributed by atoms with Crippen LogP contribution in [0.15, 0.2) is 6.20 Å². The molecule has 2 heterocycles. The molecular weight excluding hydrogens is 192 g/mol. The summed E-state index contributed by atoms with van der Waals surface area (Å²) >= 11 is 5.69. The second-order valence-electron chi connectivity index (χ2n) is 2.26. The number of halogens is 1. The van der Waals surface area contributed by atoms with Gasteiger partial charge in [0.15, 0.2) is 5.65 Å². The van der Waals surface area contributed by atoms with Gasteiger partial charge >= 0.3 is 0 Å². The number of nitrogens with zero attached hydrogens (tertiary/aromatic N) is 5. The molecular formula is C6H3ClN6. The fraction of sp³-hybridized carbons (Fsp3) is 0. The van der Waals surface area contributed by atoms with Gasteiger partial charge in [0, 0.05) is 0 Å². The van der Waals surface area contributed by atoms with E-state index in [-0.39, 0.29) is 11.2 Å². The molecule has 0 saturated carbocycles. The zero-order chi connectivity index (χ0) is 9.42. The summed E-state index contributed by atoms with van der Waals surface area (Å²) in [5.74, 6) is 0.0227. The van der Waals surface area contributed by atoms with E-state index in [4.69, 9.17) is 22.6 Å². The van der Waals surface area contributed by atoms with Crippen molar-refractivity contribution in [3.63, 3.8) is 0 Å². The molecule has 0 aromatic carbocycles. The highest BCUT2D eigenvalue weighted by molar-refractivity contribution is 6.28. The summed E-state index contributed by atoms with van der Waals surface area (Å²) in [7, 11) is 0. The molecule has 0 unspecified atom stereocenters. The van der Waals surface area contributed by atoms with E-state index in [9.17, 15) is 0 Å². The Morgan fingerprint density at radius 1 is 1.54 bits per heavy atom. The second-order valence-corrected chi connectivity index (χ2v) is 2.59. The fourth-order valence-electron chi connectivity index (χ4n) is 0.939. The third kappa shape index (κ3) is 1.06. The van der Waals surface area contributed by atoms with Crippen molar-refractivity contribution >= 4 is 23.2 Å². The third-order valence-corrected chi connectivity index (χ3v) is 1.71. The summed E-state index contributed by atoms with van der Waals surface area (Å²) in [6, 6.07) is 1.92. The number of aromatic nitrogens is 4. The Morgan fingerprint density at radius 2 is 2.31 bits per heavy atom. The SMILES string of the molecule is N#Cc1cnn2c(Cl)nc(N)nc12. The van der Waals surface area contributed by atoms with Gasteiger partial charge in [0.05, 0.1) is 6.20 Å². The summed E-state index contributed by atoms with van der Waals surface area (Å²) in [6.07, 6.45) is 1.36. The van der Waals surface area contributed by atoms with Crippen molar-refractivity contribution in [1.29, 1.82) is 5.26 Å². The van der Waals surface area contributed by atoms with Gasteiger partial charge in [0.25, 0.3) is 0 Å². The minimum Gasteiger partial charge on any atom is -0.368 e. The molecule has 0 aliphatic rings. The first-order chi connectivity index (χ1) is 6.22. The Labute approximate surface area is 77.6 Å². The van der Waals surface area contributed by atoms with Crippen LogP contribution in [0.2, 0.25) is 5.28 Å². The molecule has 2 rings (SSSR count). The Hall–Kier alpha value is -1.87. The number of rotatable bonds is 0. The molecule has 0 saturated heterocycles. The maximum Gasteiger partial charge on any atom is 0.228 e. The number of fused-ring (bicyclic) bond motifs is 1. The predicted octanol–water partition coefficient (Wildman–Crippen LogP) is 0.232. The zero-order valence-electron chi connectivity index (χ0n) is 6.27. The zero-order valence-corrected chi connectivity index (χ0v) is 7.02. The van der Waals surface area contributed by atoms with Gasteiger partial charge in [0.1, 0.15) is 11.6 Å². The lowest BCUT2D eigenvalue weighted by atomic mass is 10.4. The normalized spacial score (nSPS) is 10.2. The number of hydrogen-bond donors (Lipinski definition) is 1. The van der Waals surface area contributed by atoms with Crippen molar-refractivity contribution in [2.75, 3.05) is 5.73 Å². The van der Waals surface area contributed by atoms with Gasteiger partial charge in [-0.2, -0.15) is 24.8 Å². The molecule has 0 atom stereocenters. The topological polar surface area (TPSA) is 92.9 Å². The van der Waals surface area contributed by atoms with Crippen molar-refractivity contribution in [3.8, 4) is 6.07 Å². The molecule has 0 aliphatic carbocycles. The first-order valence-corrected chi connectivity index (χ1v) is 3.67. The first kappa shape index (κ1) is 7.76. The summed E-state index contributed by atoms with van der Waals surface area (Å²) in [6.45, 7) is 0. The van der Waals surface area contributed by atoms with Gasteiger partial charge in [-0.3, -0.25) is 0 Å². The minimum absolute atomic E-state index is 0.0227. The molecule has 0 radical (unpaired) electrons. The molecule has 0 aliphatic heterocycles. The summed E-state index contributed by atoms with van der Waals surface area (Å²) in [5.41, 5.74) is 5.99. The number of anilines is 1. The molecule has 6 nitrogen and oxygen atoms in total. The van der Waals surface area contributed by atoms with Gasteiger partial charge in [-0.15, -0.1) is 0 Å². The molecule has 13 heavy (non-hydrogen) atoms. The van der Waals surface area contributed by atoms with E-state index in [0.29, 0.717) is 11.2 Å². The maximum atomic E-state index is 8.66. The summed E-state index contributed by atoms with van der Waals surface area (Å²) in [5, 5.41) is 12.6. The van der Waals surface area contributed by atoms with Crippen molar-refractivity contribution in [2.24, 2.45) is 0 Å². The van der Waals surface area contributed by atoms with Crippen LogP contribution in [0.25, 0.3) is 5.65 Å². The molecule has 0 amide bonds. The molecule has 0 spiro atoms. The van der Waals surface area contributed by atoms with E-state index in [2.05, 4.69) is 15.1 Å². The van der Waals surface area contributed by atoms with E-state index in [0.717, 1.165) is 0 Å². The Balaban J connectivity index is 2.92. The molecule has 0 fully saturated rings. The minimum atomic E-state index is 0.0227. The van der Waals surface area contributed by atoms with Crippen LogP contribution in [0.1, 0.15) is 5.56 Å². The fourth-order valence-corrected chi connectivity index (χ4v) is 1.15. The molecule has 2 aromatic heterocycles. The number of nitrogen functional groups attached to an aromatic ring is 1. The predicted molar refractivity (Wildman–Crippen MR) is 44.9 cm³/mol. The highest BCUT2D eigenvalue weighted by atomic mass is 35.5. The lowest BCUT2D eigenvalue weighted by Gasteiger charge is -1.96. The largest absolute Gasteiger partial charge is 0.368 e. The molecule has 2 aromatic rings. The van der Waals surface area contributed by atoms with E-state index >= 15 is 0 Å². The highest BCUT2D eigenvalue weighted by Crippen LogP contribution is 2.12. The summed E-state index contributed by atoms with van der Waals surface area (Å²) in [4.78, 5) is 7.50. The standard InChI is InChI=1S/C6H3ClN6/c7-5-12-6(9)11-4-3(1-8)2-10-13(4)5/h2H,(H2,9,11). The van der Waals surface area contributed by atoms with Crippen LogP contribution in [0.5, 0.6) is 0 Å². The average molecular weight is 195 g/mol. The second kappa shape index (κ2) is 2.57. The number of hydrogen-bond acceptors (Lipinski definition) is 5. The van der Waals surface area contributed by atoms with Gasteiger partial charge in [-0.05, 0) is 11.6 Å². The van der Waals surface area contributed by atoms with Crippen molar-refractivity contribution in [1.82, 2.24) is 19.6 Å². The van der Waals surface area contributed by atoms with Crippen LogP contribution in [0, 0.1) is 11.3 Å². The van der Waals surface area contributed by atoms with Gasteiger partial charge in [0.2, 0.25) is 11.2 Å². The van der Waals surface area contributed by atoms with E-state index in [1.165, 1.54) is 10.7 Å². The lowest BCUT2D eigenvalue weighted by Crippen LogP contribution is -2.01. The smallest absolute Gasteiger partial charge is 0.228 e. The molecule has 64 valence electrons. The monoisotopic (exact) mass is 194 g/mol. The summed E-state index contributed by atoms with van der Waals surface area (Å²) < 4.78 is 1.25. The van der Waals surface area contributed by atoms with Gasteiger partial charge in [-0.25, -0.2) is 0 Å². The highest BCUT2D eigenvalue weighted by Gasteiger charge is 2.09. The first-order valence-electron chi connectivity index (χ1n) is 3.29. The van der Waals surface area contributed by atoms with Crippen molar-refractivity contribution in [2.45, 2.75) is 0 Å². The lowest BCUT2D eigenvalue weighted by molar-refractivity contribution is 0.898. The average Bonchev–Trinajstić information content (AvgIpc) is 2.47. The molecule has 2 N–H and O–H groups in total. The van der Waals surface area contributed by atoms with Crippen LogP contribution in [-0.4, -0.2) is 19.6 Å². The maximum absolute atomic E-state index is 8.66.